The van der Waals surface area contributed by atoms with Gasteiger partial charge in [-0.05, 0) is 31.0 Å². The molecule has 0 radical (unpaired) electrons. The molecule has 1 aromatic carbocycles. The molecule has 0 fully saturated rings. The highest BCUT2D eigenvalue weighted by Crippen LogP contribution is 2.14. The van der Waals surface area contributed by atoms with E-state index in [1.165, 1.54) is 17.7 Å². The van der Waals surface area contributed by atoms with E-state index >= 15 is 0 Å². The number of likely N-dealkylation sites (N-methyl/N-ethyl adjacent to an activating group) is 1. The van der Waals surface area contributed by atoms with Crippen molar-refractivity contribution < 1.29 is 0 Å². The molecule has 1 rings (SSSR count). The van der Waals surface area contributed by atoms with Gasteiger partial charge in [0.1, 0.15) is 0 Å². The molecule has 1 aromatic rings. The summed E-state index contributed by atoms with van der Waals surface area (Å²) in [5, 5.41) is 0. The van der Waals surface area contributed by atoms with Gasteiger partial charge in [0.2, 0.25) is 0 Å². The second kappa shape index (κ2) is 5.76. The molecule has 0 aromatic heterocycles. The summed E-state index contributed by atoms with van der Waals surface area (Å²) in [5.74, 6) is 0. The monoisotopic (exact) mass is 206 g/mol. The Labute approximate surface area is 93.1 Å². The third kappa shape index (κ3) is 3.92. The summed E-state index contributed by atoms with van der Waals surface area (Å²) in [7, 11) is 2.08. The number of hydrogen-bond donors (Lipinski definition) is 1. The SMILES string of the molecule is CCCc1ccc(N(C)CC(C)N)cc1. The molecule has 0 heterocycles. The molecule has 0 saturated heterocycles. The lowest BCUT2D eigenvalue weighted by molar-refractivity contribution is 0.717. The van der Waals surface area contributed by atoms with E-state index in [0.29, 0.717) is 0 Å². The molecule has 0 aliphatic rings. The summed E-state index contributed by atoms with van der Waals surface area (Å²) in [6, 6.07) is 8.97. The van der Waals surface area contributed by atoms with Crippen LogP contribution in [0.2, 0.25) is 0 Å². The molecule has 1 unspecified atom stereocenters. The van der Waals surface area contributed by atoms with Gasteiger partial charge in [-0.25, -0.2) is 0 Å². The van der Waals surface area contributed by atoms with Crippen LogP contribution in [0.15, 0.2) is 24.3 Å². The van der Waals surface area contributed by atoms with E-state index in [2.05, 4.69) is 43.1 Å². The molecule has 0 aliphatic heterocycles. The van der Waals surface area contributed by atoms with Crippen molar-refractivity contribution in [2.45, 2.75) is 32.7 Å². The third-order valence-corrected chi connectivity index (χ3v) is 2.48. The molecule has 0 saturated carbocycles. The maximum absolute atomic E-state index is 5.77. The Hall–Kier alpha value is -1.02. The van der Waals surface area contributed by atoms with Crippen LogP contribution in [-0.2, 0) is 6.42 Å². The van der Waals surface area contributed by atoms with Crippen LogP contribution in [0.25, 0.3) is 0 Å². The maximum Gasteiger partial charge on any atom is 0.0364 e. The lowest BCUT2D eigenvalue weighted by Crippen LogP contribution is -2.32. The van der Waals surface area contributed by atoms with Crippen molar-refractivity contribution in [2.24, 2.45) is 5.73 Å². The van der Waals surface area contributed by atoms with Gasteiger partial charge in [0.05, 0.1) is 0 Å². The van der Waals surface area contributed by atoms with Crippen molar-refractivity contribution in [1.29, 1.82) is 0 Å². The van der Waals surface area contributed by atoms with Crippen LogP contribution in [-0.4, -0.2) is 19.6 Å². The van der Waals surface area contributed by atoms with E-state index in [-0.39, 0.29) is 6.04 Å². The zero-order valence-corrected chi connectivity index (χ0v) is 10.0. The quantitative estimate of drug-likeness (QED) is 0.801. The molecule has 2 heteroatoms. The fourth-order valence-corrected chi connectivity index (χ4v) is 1.74. The first-order valence-electron chi connectivity index (χ1n) is 5.69. The van der Waals surface area contributed by atoms with Crippen LogP contribution in [0.4, 0.5) is 5.69 Å². The minimum absolute atomic E-state index is 0.213. The molecule has 0 amide bonds. The van der Waals surface area contributed by atoms with E-state index < -0.39 is 0 Å². The van der Waals surface area contributed by atoms with E-state index in [1.807, 2.05) is 6.92 Å². The topological polar surface area (TPSA) is 29.3 Å². The molecule has 0 bridgehead atoms. The summed E-state index contributed by atoms with van der Waals surface area (Å²) in [5.41, 5.74) is 8.42. The van der Waals surface area contributed by atoms with Gasteiger partial charge in [0, 0.05) is 25.3 Å². The van der Waals surface area contributed by atoms with Crippen LogP contribution in [0.5, 0.6) is 0 Å². The van der Waals surface area contributed by atoms with Crippen molar-refractivity contribution in [3.8, 4) is 0 Å². The summed E-state index contributed by atoms with van der Waals surface area (Å²) < 4.78 is 0. The van der Waals surface area contributed by atoms with E-state index in [1.54, 1.807) is 0 Å². The summed E-state index contributed by atoms with van der Waals surface area (Å²) in [4.78, 5) is 2.19. The first-order chi connectivity index (χ1) is 7.13. The number of aryl methyl sites for hydroxylation is 1. The normalized spacial score (nSPS) is 12.5. The van der Waals surface area contributed by atoms with Crippen molar-refractivity contribution in [3.05, 3.63) is 29.8 Å². The Bertz CT molecular complexity index is 277. The van der Waals surface area contributed by atoms with Gasteiger partial charge in [0.15, 0.2) is 0 Å². The molecule has 2 nitrogen and oxygen atoms in total. The minimum Gasteiger partial charge on any atom is -0.373 e. The number of anilines is 1. The summed E-state index contributed by atoms with van der Waals surface area (Å²) in [6.07, 6.45) is 2.37. The van der Waals surface area contributed by atoms with Crippen LogP contribution in [0.3, 0.4) is 0 Å². The highest BCUT2D eigenvalue weighted by Gasteiger charge is 2.02. The molecular weight excluding hydrogens is 184 g/mol. The highest BCUT2D eigenvalue weighted by molar-refractivity contribution is 5.47. The second-order valence-electron chi connectivity index (χ2n) is 4.27. The van der Waals surface area contributed by atoms with Crippen molar-refractivity contribution >= 4 is 5.69 Å². The average molecular weight is 206 g/mol. The van der Waals surface area contributed by atoms with E-state index in [0.717, 1.165) is 13.0 Å². The minimum atomic E-state index is 0.213. The van der Waals surface area contributed by atoms with E-state index in [4.69, 9.17) is 5.73 Å². The third-order valence-electron chi connectivity index (χ3n) is 2.48. The molecule has 15 heavy (non-hydrogen) atoms. The fraction of sp³-hybridized carbons (Fsp3) is 0.538. The lowest BCUT2D eigenvalue weighted by Gasteiger charge is -2.21. The number of nitrogens with zero attached hydrogens (tertiary/aromatic N) is 1. The maximum atomic E-state index is 5.77. The molecule has 0 aliphatic carbocycles. The molecule has 0 spiro atoms. The average Bonchev–Trinajstić information content (AvgIpc) is 2.18. The smallest absolute Gasteiger partial charge is 0.0364 e. The van der Waals surface area contributed by atoms with Gasteiger partial charge in [-0.3, -0.25) is 0 Å². The molecule has 1 atom stereocenters. The largest absolute Gasteiger partial charge is 0.373 e. The Kier molecular flexibility index (Phi) is 4.63. The van der Waals surface area contributed by atoms with Crippen molar-refractivity contribution in [1.82, 2.24) is 0 Å². The molecule has 84 valence electrons. The fourth-order valence-electron chi connectivity index (χ4n) is 1.74. The van der Waals surface area contributed by atoms with Gasteiger partial charge in [-0.1, -0.05) is 25.5 Å². The number of hydrogen-bond acceptors (Lipinski definition) is 2. The molecular formula is C13H22N2. The van der Waals surface area contributed by atoms with Gasteiger partial charge >= 0.3 is 0 Å². The lowest BCUT2D eigenvalue weighted by atomic mass is 10.1. The molecule has 2 N–H and O–H groups in total. The highest BCUT2D eigenvalue weighted by atomic mass is 15.1. The van der Waals surface area contributed by atoms with Crippen LogP contribution < -0.4 is 10.6 Å². The number of benzene rings is 1. The Morgan fingerprint density at radius 2 is 1.87 bits per heavy atom. The van der Waals surface area contributed by atoms with Crippen LogP contribution in [0, 0.1) is 0 Å². The second-order valence-corrected chi connectivity index (χ2v) is 4.27. The Morgan fingerprint density at radius 3 is 2.33 bits per heavy atom. The van der Waals surface area contributed by atoms with Gasteiger partial charge in [-0.2, -0.15) is 0 Å². The van der Waals surface area contributed by atoms with Gasteiger partial charge in [-0.15, -0.1) is 0 Å². The Balaban J connectivity index is 2.62. The van der Waals surface area contributed by atoms with Crippen LogP contribution >= 0.6 is 0 Å². The first kappa shape index (κ1) is 12.1. The number of rotatable bonds is 5. The summed E-state index contributed by atoms with van der Waals surface area (Å²) in [6.45, 7) is 5.13. The number of nitrogens with two attached hydrogens (primary N) is 1. The zero-order chi connectivity index (χ0) is 11.3. The van der Waals surface area contributed by atoms with Gasteiger partial charge in [0.25, 0.3) is 0 Å². The summed E-state index contributed by atoms with van der Waals surface area (Å²) >= 11 is 0. The predicted octanol–water partition coefficient (Wildman–Crippen LogP) is 2.42. The first-order valence-corrected chi connectivity index (χ1v) is 5.69. The van der Waals surface area contributed by atoms with Gasteiger partial charge < -0.3 is 10.6 Å². The standard InChI is InChI=1S/C13H22N2/c1-4-5-12-6-8-13(9-7-12)15(3)10-11(2)14/h6-9,11H,4-5,10,14H2,1-3H3. The van der Waals surface area contributed by atoms with Crippen LogP contribution in [0.1, 0.15) is 25.8 Å². The zero-order valence-electron chi connectivity index (χ0n) is 10.0. The van der Waals surface area contributed by atoms with Crippen molar-refractivity contribution in [2.75, 3.05) is 18.5 Å². The predicted molar refractivity (Wildman–Crippen MR) is 67.4 cm³/mol. The van der Waals surface area contributed by atoms with E-state index in [9.17, 15) is 0 Å². The Morgan fingerprint density at radius 1 is 1.27 bits per heavy atom. The van der Waals surface area contributed by atoms with Crippen molar-refractivity contribution in [3.63, 3.8) is 0 Å².